The number of nitrogens with zero attached hydrogens (tertiary/aromatic N) is 1. The van der Waals surface area contributed by atoms with E-state index in [9.17, 15) is 0 Å². The van der Waals surface area contributed by atoms with Crippen LogP contribution < -0.4 is 5.32 Å². The highest BCUT2D eigenvalue weighted by molar-refractivity contribution is 4.92. The highest BCUT2D eigenvalue weighted by Gasteiger charge is 2.37. The summed E-state index contributed by atoms with van der Waals surface area (Å²) in [6, 6.07) is 0. The zero-order chi connectivity index (χ0) is 12.0. The molecule has 0 aromatic heterocycles. The van der Waals surface area contributed by atoms with E-state index in [1.807, 2.05) is 0 Å². The normalized spacial score (nSPS) is 25.9. The molecule has 0 aromatic carbocycles. The largest absolute Gasteiger partial charge is 0.385 e. The minimum Gasteiger partial charge on any atom is -0.385 e. The van der Waals surface area contributed by atoms with Crippen molar-refractivity contribution in [3.05, 3.63) is 0 Å². The molecule has 0 amide bonds. The van der Waals surface area contributed by atoms with Gasteiger partial charge in [0.15, 0.2) is 0 Å². The van der Waals surface area contributed by atoms with Crippen LogP contribution in [0.25, 0.3) is 0 Å². The third kappa shape index (κ3) is 3.72. The zero-order valence-corrected chi connectivity index (χ0v) is 11.4. The Morgan fingerprint density at radius 1 is 1.44 bits per heavy atom. The van der Waals surface area contributed by atoms with Crippen molar-refractivity contribution in [1.82, 2.24) is 10.2 Å². The molecule has 16 heavy (non-hydrogen) atoms. The predicted octanol–water partition coefficient (Wildman–Crippen LogP) is 1.59. The number of nitrogens with one attached hydrogen (secondary N) is 1. The van der Waals surface area contributed by atoms with Crippen molar-refractivity contribution in [2.45, 2.75) is 26.7 Å². The minimum absolute atomic E-state index is 0.488. The number of ether oxygens (including phenoxy) is 1. The van der Waals surface area contributed by atoms with E-state index in [2.05, 4.69) is 31.1 Å². The second-order valence-electron chi connectivity index (χ2n) is 5.53. The second-order valence-corrected chi connectivity index (χ2v) is 5.53. The fourth-order valence-electron chi connectivity index (χ4n) is 2.67. The standard InChI is InChI=1S/C13H28N2O/c1-12(2)13(6-7-14-10-13)11-15(3)8-5-9-16-4/h12,14H,5-11H2,1-4H3. The molecule has 96 valence electrons. The van der Waals surface area contributed by atoms with E-state index in [4.69, 9.17) is 4.74 Å². The Morgan fingerprint density at radius 2 is 2.19 bits per heavy atom. The van der Waals surface area contributed by atoms with Gasteiger partial charge in [0, 0.05) is 33.4 Å². The Bertz CT molecular complexity index is 188. The van der Waals surface area contributed by atoms with Crippen LogP contribution in [0.3, 0.4) is 0 Å². The Morgan fingerprint density at radius 3 is 2.69 bits per heavy atom. The van der Waals surface area contributed by atoms with E-state index in [-0.39, 0.29) is 0 Å². The van der Waals surface area contributed by atoms with Gasteiger partial charge in [-0.15, -0.1) is 0 Å². The lowest BCUT2D eigenvalue weighted by Crippen LogP contribution is -2.41. The molecule has 1 fully saturated rings. The average molecular weight is 228 g/mol. The maximum absolute atomic E-state index is 5.10. The van der Waals surface area contributed by atoms with Crippen molar-refractivity contribution in [2.75, 3.05) is 46.9 Å². The van der Waals surface area contributed by atoms with E-state index in [1.54, 1.807) is 7.11 Å². The molecule has 1 aliphatic heterocycles. The molecule has 1 unspecified atom stereocenters. The van der Waals surface area contributed by atoms with Gasteiger partial charge in [-0.3, -0.25) is 0 Å². The molecule has 1 heterocycles. The summed E-state index contributed by atoms with van der Waals surface area (Å²) >= 11 is 0. The Kier molecular flexibility index (Phi) is 5.73. The van der Waals surface area contributed by atoms with E-state index in [0.717, 1.165) is 25.5 Å². The van der Waals surface area contributed by atoms with Crippen molar-refractivity contribution >= 4 is 0 Å². The first-order valence-corrected chi connectivity index (χ1v) is 6.49. The lowest BCUT2D eigenvalue weighted by Gasteiger charge is -2.36. The fourth-order valence-corrected chi connectivity index (χ4v) is 2.67. The van der Waals surface area contributed by atoms with Crippen LogP contribution in [-0.2, 0) is 4.74 Å². The smallest absolute Gasteiger partial charge is 0.0474 e. The van der Waals surface area contributed by atoms with Gasteiger partial charge in [-0.1, -0.05) is 13.8 Å². The first kappa shape index (κ1) is 13.9. The van der Waals surface area contributed by atoms with Gasteiger partial charge in [-0.05, 0) is 37.8 Å². The second kappa shape index (κ2) is 6.58. The Labute approximate surface area is 101 Å². The van der Waals surface area contributed by atoms with Gasteiger partial charge < -0.3 is 15.0 Å². The van der Waals surface area contributed by atoms with E-state index in [0.29, 0.717) is 5.41 Å². The number of hydrogen-bond acceptors (Lipinski definition) is 3. The molecule has 3 heteroatoms. The van der Waals surface area contributed by atoms with Crippen LogP contribution in [0.5, 0.6) is 0 Å². The molecular formula is C13H28N2O. The lowest BCUT2D eigenvalue weighted by atomic mass is 9.76. The summed E-state index contributed by atoms with van der Waals surface area (Å²) in [6.45, 7) is 10.3. The highest BCUT2D eigenvalue weighted by Crippen LogP contribution is 2.34. The quantitative estimate of drug-likeness (QED) is 0.670. The van der Waals surface area contributed by atoms with E-state index < -0.39 is 0 Å². The summed E-state index contributed by atoms with van der Waals surface area (Å²) in [5, 5.41) is 3.52. The summed E-state index contributed by atoms with van der Waals surface area (Å²) in [4.78, 5) is 2.46. The molecule has 0 saturated carbocycles. The van der Waals surface area contributed by atoms with Crippen LogP contribution in [0.1, 0.15) is 26.7 Å². The zero-order valence-electron chi connectivity index (χ0n) is 11.4. The van der Waals surface area contributed by atoms with Gasteiger partial charge in [0.05, 0.1) is 0 Å². The molecule has 3 nitrogen and oxygen atoms in total. The fraction of sp³-hybridized carbons (Fsp3) is 1.00. The predicted molar refractivity (Wildman–Crippen MR) is 68.7 cm³/mol. The SMILES string of the molecule is COCCCN(C)CC1(C(C)C)CCNC1. The van der Waals surface area contributed by atoms with Crippen molar-refractivity contribution in [1.29, 1.82) is 0 Å². The van der Waals surface area contributed by atoms with Crippen LogP contribution in [0.15, 0.2) is 0 Å². The number of rotatable bonds is 7. The monoisotopic (exact) mass is 228 g/mol. The number of hydrogen-bond donors (Lipinski definition) is 1. The Balaban J connectivity index is 2.37. The minimum atomic E-state index is 0.488. The van der Waals surface area contributed by atoms with Crippen molar-refractivity contribution in [3.63, 3.8) is 0 Å². The Hall–Kier alpha value is -0.120. The van der Waals surface area contributed by atoms with Crippen molar-refractivity contribution < 1.29 is 4.74 Å². The topological polar surface area (TPSA) is 24.5 Å². The number of methoxy groups -OCH3 is 1. The first-order chi connectivity index (χ1) is 7.60. The van der Waals surface area contributed by atoms with Gasteiger partial charge >= 0.3 is 0 Å². The molecule has 1 N–H and O–H groups in total. The maximum atomic E-state index is 5.10. The third-order valence-electron chi connectivity index (χ3n) is 3.97. The molecule has 1 aliphatic rings. The molecule has 0 bridgehead atoms. The molecule has 1 atom stereocenters. The van der Waals surface area contributed by atoms with Gasteiger partial charge in [-0.25, -0.2) is 0 Å². The molecule has 0 radical (unpaired) electrons. The molecule has 1 saturated heterocycles. The third-order valence-corrected chi connectivity index (χ3v) is 3.97. The van der Waals surface area contributed by atoms with Crippen LogP contribution in [0, 0.1) is 11.3 Å². The summed E-state index contributed by atoms with van der Waals surface area (Å²) in [6.07, 6.45) is 2.45. The molecule has 1 rings (SSSR count). The maximum Gasteiger partial charge on any atom is 0.0474 e. The van der Waals surface area contributed by atoms with E-state index in [1.165, 1.54) is 26.1 Å². The molecular weight excluding hydrogens is 200 g/mol. The van der Waals surface area contributed by atoms with Gasteiger partial charge in [0.2, 0.25) is 0 Å². The molecule has 0 spiro atoms. The molecule has 0 aromatic rings. The summed E-state index contributed by atoms with van der Waals surface area (Å²) < 4.78 is 5.10. The van der Waals surface area contributed by atoms with Crippen molar-refractivity contribution in [3.8, 4) is 0 Å². The van der Waals surface area contributed by atoms with Gasteiger partial charge in [0.1, 0.15) is 0 Å². The van der Waals surface area contributed by atoms with Gasteiger partial charge in [-0.2, -0.15) is 0 Å². The summed E-state index contributed by atoms with van der Waals surface area (Å²) in [7, 11) is 4.01. The van der Waals surface area contributed by atoms with E-state index >= 15 is 0 Å². The highest BCUT2D eigenvalue weighted by atomic mass is 16.5. The van der Waals surface area contributed by atoms with Crippen molar-refractivity contribution in [2.24, 2.45) is 11.3 Å². The lowest BCUT2D eigenvalue weighted by molar-refractivity contribution is 0.122. The summed E-state index contributed by atoms with van der Waals surface area (Å²) in [5.41, 5.74) is 0.488. The van der Waals surface area contributed by atoms with Crippen LogP contribution in [-0.4, -0.2) is 51.8 Å². The summed E-state index contributed by atoms with van der Waals surface area (Å²) in [5.74, 6) is 0.757. The van der Waals surface area contributed by atoms with Crippen LogP contribution >= 0.6 is 0 Å². The van der Waals surface area contributed by atoms with Crippen LogP contribution in [0.2, 0.25) is 0 Å². The first-order valence-electron chi connectivity index (χ1n) is 6.49. The van der Waals surface area contributed by atoms with Gasteiger partial charge in [0.25, 0.3) is 0 Å². The van der Waals surface area contributed by atoms with Crippen LogP contribution in [0.4, 0.5) is 0 Å². The average Bonchev–Trinajstić information content (AvgIpc) is 2.68. The molecule has 0 aliphatic carbocycles.